The van der Waals surface area contributed by atoms with Crippen molar-refractivity contribution in [3.05, 3.63) is 52.1 Å². The van der Waals surface area contributed by atoms with Crippen LogP contribution in [0.3, 0.4) is 0 Å². The zero-order chi connectivity index (χ0) is 15.6. The SMILES string of the molecule is Cc1nn(Cc2cc(CNC(C)C)ccc2F)c(C)c1C. The van der Waals surface area contributed by atoms with Gasteiger partial charge in [0.15, 0.2) is 0 Å². The summed E-state index contributed by atoms with van der Waals surface area (Å²) in [7, 11) is 0. The molecule has 114 valence electrons. The van der Waals surface area contributed by atoms with E-state index in [1.807, 2.05) is 37.6 Å². The first-order chi connectivity index (χ1) is 9.88. The number of hydrogen-bond donors (Lipinski definition) is 1. The summed E-state index contributed by atoms with van der Waals surface area (Å²) in [5.41, 5.74) is 5.05. The van der Waals surface area contributed by atoms with E-state index in [0.29, 0.717) is 18.2 Å². The van der Waals surface area contributed by atoms with E-state index in [9.17, 15) is 4.39 Å². The van der Waals surface area contributed by atoms with Gasteiger partial charge in [0.05, 0.1) is 12.2 Å². The predicted octanol–water partition coefficient (Wildman–Crippen LogP) is 3.49. The van der Waals surface area contributed by atoms with E-state index < -0.39 is 0 Å². The molecule has 0 aliphatic carbocycles. The van der Waals surface area contributed by atoms with Crippen molar-refractivity contribution in [2.75, 3.05) is 0 Å². The minimum Gasteiger partial charge on any atom is -0.310 e. The molecule has 1 aromatic heterocycles. The highest BCUT2D eigenvalue weighted by Gasteiger charge is 2.10. The van der Waals surface area contributed by atoms with Gasteiger partial charge in [-0.05, 0) is 44.0 Å². The van der Waals surface area contributed by atoms with E-state index in [0.717, 1.165) is 23.5 Å². The third-order valence-corrected chi connectivity index (χ3v) is 3.89. The average Bonchev–Trinajstić information content (AvgIpc) is 2.67. The lowest BCUT2D eigenvalue weighted by atomic mass is 10.1. The topological polar surface area (TPSA) is 29.9 Å². The molecular formula is C17H24FN3. The Bertz CT molecular complexity index is 629. The molecule has 4 heteroatoms. The molecule has 2 rings (SSSR count). The third kappa shape index (κ3) is 3.70. The summed E-state index contributed by atoms with van der Waals surface area (Å²) in [6.07, 6.45) is 0. The van der Waals surface area contributed by atoms with Gasteiger partial charge in [-0.15, -0.1) is 0 Å². The molecule has 0 spiro atoms. The molecule has 1 aromatic carbocycles. The molecule has 0 fully saturated rings. The number of halogens is 1. The van der Waals surface area contributed by atoms with Gasteiger partial charge in [0.25, 0.3) is 0 Å². The van der Waals surface area contributed by atoms with Crippen molar-refractivity contribution in [2.45, 2.75) is 53.8 Å². The van der Waals surface area contributed by atoms with E-state index in [4.69, 9.17) is 0 Å². The van der Waals surface area contributed by atoms with Crippen LogP contribution in [0.15, 0.2) is 18.2 Å². The molecule has 0 atom stereocenters. The summed E-state index contributed by atoms with van der Waals surface area (Å²) in [5, 5.41) is 7.84. The predicted molar refractivity (Wildman–Crippen MR) is 83.9 cm³/mol. The van der Waals surface area contributed by atoms with Crippen LogP contribution in [0.25, 0.3) is 0 Å². The van der Waals surface area contributed by atoms with Crippen LogP contribution in [0.2, 0.25) is 0 Å². The highest BCUT2D eigenvalue weighted by atomic mass is 19.1. The van der Waals surface area contributed by atoms with E-state index in [1.165, 1.54) is 5.56 Å². The Morgan fingerprint density at radius 3 is 2.52 bits per heavy atom. The molecular weight excluding hydrogens is 265 g/mol. The molecule has 0 bridgehead atoms. The summed E-state index contributed by atoms with van der Waals surface area (Å²) in [5.74, 6) is -0.173. The molecule has 0 aliphatic rings. The first-order valence-corrected chi connectivity index (χ1v) is 7.39. The Morgan fingerprint density at radius 1 is 1.24 bits per heavy atom. The van der Waals surface area contributed by atoms with Crippen molar-refractivity contribution in [3.63, 3.8) is 0 Å². The second-order valence-corrected chi connectivity index (χ2v) is 5.91. The minimum atomic E-state index is -0.173. The third-order valence-electron chi connectivity index (χ3n) is 3.89. The van der Waals surface area contributed by atoms with Gasteiger partial charge in [0.1, 0.15) is 5.82 Å². The van der Waals surface area contributed by atoms with Crippen LogP contribution in [0.4, 0.5) is 4.39 Å². The number of nitrogens with one attached hydrogen (secondary N) is 1. The summed E-state index contributed by atoms with van der Waals surface area (Å²) < 4.78 is 15.9. The Kier molecular flexibility index (Phi) is 4.78. The summed E-state index contributed by atoms with van der Waals surface area (Å²) in [4.78, 5) is 0. The highest BCUT2D eigenvalue weighted by Crippen LogP contribution is 2.16. The van der Waals surface area contributed by atoms with E-state index in [-0.39, 0.29) is 5.82 Å². The van der Waals surface area contributed by atoms with Crippen LogP contribution < -0.4 is 5.32 Å². The number of aromatic nitrogens is 2. The zero-order valence-corrected chi connectivity index (χ0v) is 13.5. The Labute approximate surface area is 126 Å². The standard InChI is InChI=1S/C17H24FN3/c1-11(2)19-9-15-6-7-17(18)16(8-15)10-21-14(5)12(3)13(4)20-21/h6-8,11,19H,9-10H2,1-5H3. The Morgan fingerprint density at radius 2 is 1.95 bits per heavy atom. The van der Waals surface area contributed by atoms with Gasteiger partial charge in [-0.25, -0.2) is 4.39 Å². The van der Waals surface area contributed by atoms with Gasteiger partial charge in [-0.2, -0.15) is 5.10 Å². The van der Waals surface area contributed by atoms with Gasteiger partial charge in [-0.3, -0.25) is 4.68 Å². The quantitative estimate of drug-likeness (QED) is 0.913. The summed E-state index contributed by atoms with van der Waals surface area (Å²) in [6.45, 7) is 11.5. The molecule has 0 aliphatic heterocycles. The maximum absolute atomic E-state index is 14.0. The fourth-order valence-electron chi connectivity index (χ4n) is 2.28. The summed E-state index contributed by atoms with van der Waals surface area (Å²) >= 11 is 0. The molecule has 1 N–H and O–H groups in total. The van der Waals surface area contributed by atoms with Gasteiger partial charge < -0.3 is 5.32 Å². The molecule has 0 unspecified atom stereocenters. The van der Waals surface area contributed by atoms with Crippen LogP contribution >= 0.6 is 0 Å². The first kappa shape index (κ1) is 15.7. The lowest BCUT2D eigenvalue weighted by Gasteiger charge is -2.11. The smallest absolute Gasteiger partial charge is 0.128 e. The van der Waals surface area contributed by atoms with Gasteiger partial charge in [0, 0.05) is 23.8 Å². The second-order valence-electron chi connectivity index (χ2n) is 5.91. The summed E-state index contributed by atoms with van der Waals surface area (Å²) in [6, 6.07) is 5.72. The Balaban J connectivity index is 2.22. The first-order valence-electron chi connectivity index (χ1n) is 7.39. The second kappa shape index (κ2) is 6.39. The molecule has 2 aromatic rings. The number of benzene rings is 1. The van der Waals surface area contributed by atoms with Gasteiger partial charge >= 0.3 is 0 Å². The van der Waals surface area contributed by atoms with Crippen molar-refractivity contribution in [1.82, 2.24) is 15.1 Å². The van der Waals surface area contributed by atoms with Crippen molar-refractivity contribution in [3.8, 4) is 0 Å². The number of hydrogen-bond acceptors (Lipinski definition) is 2. The average molecular weight is 289 g/mol. The van der Waals surface area contributed by atoms with E-state index >= 15 is 0 Å². The van der Waals surface area contributed by atoms with Crippen molar-refractivity contribution >= 4 is 0 Å². The fraction of sp³-hybridized carbons (Fsp3) is 0.471. The van der Waals surface area contributed by atoms with Crippen LogP contribution in [0, 0.1) is 26.6 Å². The lowest BCUT2D eigenvalue weighted by molar-refractivity contribution is 0.569. The van der Waals surface area contributed by atoms with Crippen molar-refractivity contribution < 1.29 is 4.39 Å². The lowest BCUT2D eigenvalue weighted by Crippen LogP contribution is -2.22. The molecule has 0 saturated heterocycles. The van der Waals surface area contributed by atoms with Crippen LogP contribution in [-0.4, -0.2) is 15.8 Å². The largest absolute Gasteiger partial charge is 0.310 e. The van der Waals surface area contributed by atoms with Crippen molar-refractivity contribution in [2.24, 2.45) is 0 Å². The van der Waals surface area contributed by atoms with Crippen LogP contribution in [0.5, 0.6) is 0 Å². The van der Waals surface area contributed by atoms with Gasteiger partial charge in [-0.1, -0.05) is 19.9 Å². The number of nitrogens with zero attached hydrogens (tertiary/aromatic N) is 2. The molecule has 0 amide bonds. The molecule has 3 nitrogen and oxygen atoms in total. The number of aryl methyl sites for hydroxylation is 1. The maximum Gasteiger partial charge on any atom is 0.128 e. The molecule has 0 saturated carbocycles. The minimum absolute atomic E-state index is 0.173. The van der Waals surface area contributed by atoms with Crippen molar-refractivity contribution in [1.29, 1.82) is 0 Å². The zero-order valence-electron chi connectivity index (χ0n) is 13.5. The fourth-order valence-corrected chi connectivity index (χ4v) is 2.28. The monoisotopic (exact) mass is 289 g/mol. The Hall–Kier alpha value is -1.68. The highest BCUT2D eigenvalue weighted by molar-refractivity contribution is 5.27. The van der Waals surface area contributed by atoms with E-state index in [2.05, 4.69) is 24.3 Å². The van der Waals surface area contributed by atoms with Crippen LogP contribution in [-0.2, 0) is 13.1 Å². The number of rotatable bonds is 5. The molecule has 21 heavy (non-hydrogen) atoms. The van der Waals surface area contributed by atoms with Gasteiger partial charge in [0.2, 0.25) is 0 Å². The van der Waals surface area contributed by atoms with Crippen LogP contribution in [0.1, 0.15) is 41.9 Å². The molecule has 1 heterocycles. The normalized spacial score (nSPS) is 11.4. The maximum atomic E-state index is 14.0. The molecule has 0 radical (unpaired) electrons. The van der Waals surface area contributed by atoms with E-state index in [1.54, 1.807) is 6.07 Å².